The van der Waals surface area contributed by atoms with Crippen molar-refractivity contribution in [2.45, 2.75) is 39.5 Å². The lowest BCUT2D eigenvalue weighted by molar-refractivity contribution is -0.116. The van der Waals surface area contributed by atoms with Crippen molar-refractivity contribution in [1.29, 1.82) is 5.26 Å². The number of para-hydroxylation sites is 2. The molecule has 26 heavy (non-hydrogen) atoms. The van der Waals surface area contributed by atoms with Gasteiger partial charge in [-0.25, -0.2) is 0 Å². The number of benzene rings is 1. The number of ether oxygens (including phenoxy) is 1. The summed E-state index contributed by atoms with van der Waals surface area (Å²) in [4.78, 5) is 16.4. The molecule has 0 N–H and O–H groups in total. The first-order valence-electron chi connectivity index (χ1n) is 9.66. The van der Waals surface area contributed by atoms with E-state index in [1.165, 1.54) is 0 Å². The van der Waals surface area contributed by atoms with E-state index in [1.54, 1.807) is 6.92 Å². The second-order valence-corrected chi connectivity index (χ2v) is 7.78. The van der Waals surface area contributed by atoms with E-state index >= 15 is 0 Å². The second kappa shape index (κ2) is 8.09. The molecule has 1 fully saturated rings. The van der Waals surface area contributed by atoms with E-state index in [0.29, 0.717) is 19.1 Å². The van der Waals surface area contributed by atoms with Crippen molar-refractivity contribution in [3.05, 3.63) is 24.3 Å². The van der Waals surface area contributed by atoms with Crippen LogP contribution >= 0.6 is 0 Å². The number of rotatable bonds is 4. The van der Waals surface area contributed by atoms with E-state index in [1.807, 2.05) is 23.1 Å². The SMILES string of the molecule is CC(=O)N1CC(C)CN(CCCC2(C#N)CCOCC2)c2ccccc21. The monoisotopic (exact) mass is 355 g/mol. The molecule has 0 bridgehead atoms. The number of hydrogen-bond donors (Lipinski definition) is 0. The summed E-state index contributed by atoms with van der Waals surface area (Å²) < 4.78 is 5.44. The van der Waals surface area contributed by atoms with Crippen LogP contribution in [-0.4, -0.2) is 38.8 Å². The van der Waals surface area contributed by atoms with Gasteiger partial charge in [0.25, 0.3) is 0 Å². The number of carbonyl (C=O) groups is 1. The fraction of sp³-hybridized carbons (Fsp3) is 0.619. The van der Waals surface area contributed by atoms with Crippen LogP contribution in [0.3, 0.4) is 0 Å². The molecule has 1 saturated heterocycles. The molecule has 1 aromatic rings. The molecule has 2 aliphatic heterocycles. The number of hydrogen-bond acceptors (Lipinski definition) is 4. The minimum Gasteiger partial charge on any atom is -0.381 e. The van der Waals surface area contributed by atoms with Gasteiger partial charge in [-0.2, -0.15) is 5.26 Å². The Labute approximate surface area is 156 Å². The Morgan fingerprint density at radius 2 is 1.96 bits per heavy atom. The smallest absolute Gasteiger partial charge is 0.223 e. The van der Waals surface area contributed by atoms with Gasteiger partial charge >= 0.3 is 0 Å². The van der Waals surface area contributed by atoms with Crippen molar-refractivity contribution < 1.29 is 9.53 Å². The van der Waals surface area contributed by atoms with E-state index in [4.69, 9.17) is 4.74 Å². The van der Waals surface area contributed by atoms with Gasteiger partial charge in [0.15, 0.2) is 0 Å². The van der Waals surface area contributed by atoms with E-state index in [-0.39, 0.29) is 11.3 Å². The summed E-state index contributed by atoms with van der Waals surface area (Å²) in [6, 6.07) is 10.7. The van der Waals surface area contributed by atoms with Crippen LogP contribution in [0.1, 0.15) is 39.5 Å². The highest BCUT2D eigenvalue weighted by Crippen LogP contribution is 2.37. The summed E-state index contributed by atoms with van der Waals surface area (Å²) in [5.74, 6) is 0.496. The molecule has 2 heterocycles. The fourth-order valence-corrected chi connectivity index (χ4v) is 4.20. The lowest BCUT2D eigenvalue weighted by atomic mass is 9.78. The maximum absolute atomic E-state index is 12.1. The number of nitriles is 1. The normalized spacial score (nSPS) is 22.3. The molecule has 3 rings (SSSR count). The van der Waals surface area contributed by atoms with Crippen LogP contribution in [0.4, 0.5) is 11.4 Å². The predicted octanol–water partition coefficient (Wildman–Crippen LogP) is 3.60. The van der Waals surface area contributed by atoms with Gasteiger partial charge < -0.3 is 14.5 Å². The molecule has 2 aliphatic rings. The Morgan fingerprint density at radius 3 is 2.62 bits per heavy atom. The topological polar surface area (TPSA) is 56.6 Å². The number of anilines is 2. The minimum atomic E-state index is -0.222. The van der Waals surface area contributed by atoms with Crippen LogP contribution in [0, 0.1) is 22.7 Å². The number of fused-ring (bicyclic) bond motifs is 1. The number of carbonyl (C=O) groups excluding carboxylic acids is 1. The van der Waals surface area contributed by atoms with E-state index in [2.05, 4.69) is 24.0 Å². The zero-order valence-corrected chi connectivity index (χ0v) is 15.9. The zero-order valence-electron chi connectivity index (χ0n) is 15.9. The van der Waals surface area contributed by atoms with Gasteiger partial charge in [0.2, 0.25) is 5.91 Å². The molecule has 0 aromatic heterocycles. The molecular weight excluding hydrogens is 326 g/mol. The van der Waals surface area contributed by atoms with Gasteiger partial charge in [-0.05, 0) is 43.7 Å². The molecule has 5 nitrogen and oxygen atoms in total. The molecule has 140 valence electrons. The molecule has 5 heteroatoms. The number of amides is 1. The minimum absolute atomic E-state index is 0.0942. The van der Waals surface area contributed by atoms with Crippen LogP contribution in [0.5, 0.6) is 0 Å². The fourth-order valence-electron chi connectivity index (χ4n) is 4.20. The van der Waals surface area contributed by atoms with Crippen LogP contribution in [0.2, 0.25) is 0 Å². The lowest BCUT2D eigenvalue weighted by Crippen LogP contribution is -2.34. The molecule has 1 aromatic carbocycles. The third-order valence-electron chi connectivity index (χ3n) is 5.69. The second-order valence-electron chi connectivity index (χ2n) is 7.78. The molecule has 0 radical (unpaired) electrons. The van der Waals surface area contributed by atoms with Crippen molar-refractivity contribution >= 4 is 17.3 Å². The number of nitrogens with zero attached hydrogens (tertiary/aromatic N) is 3. The van der Waals surface area contributed by atoms with E-state index < -0.39 is 0 Å². The van der Waals surface area contributed by atoms with Crippen molar-refractivity contribution in [1.82, 2.24) is 0 Å². The molecule has 0 aliphatic carbocycles. The van der Waals surface area contributed by atoms with Crippen molar-refractivity contribution in [3.8, 4) is 6.07 Å². The summed E-state index contributed by atoms with van der Waals surface area (Å²) in [7, 11) is 0. The molecule has 0 spiro atoms. The van der Waals surface area contributed by atoms with Gasteiger partial charge in [-0.15, -0.1) is 0 Å². The molecular formula is C21H29N3O2. The zero-order chi connectivity index (χ0) is 18.6. The van der Waals surface area contributed by atoms with Crippen LogP contribution in [0.25, 0.3) is 0 Å². The Morgan fingerprint density at radius 1 is 1.27 bits per heavy atom. The predicted molar refractivity (Wildman–Crippen MR) is 103 cm³/mol. The summed E-state index contributed by atoms with van der Waals surface area (Å²) in [5.41, 5.74) is 1.91. The highest BCUT2D eigenvalue weighted by molar-refractivity contribution is 5.95. The average molecular weight is 355 g/mol. The summed E-state index contributed by atoms with van der Waals surface area (Å²) in [6.07, 6.45) is 3.58. The first-order valence-corrected chi connectivity index (χ1v) is 9.66. The standard InChI is InChI=1S/C21H29N3O2/c1-17-14-23(11-5-8-21(16-22)9-12-26-13-10-21)19-6-3-4-7-20(19)24(15-17)18(2)25/h3-4,6-7,17H,5,8-15H2,1-2H3. The molecule has 1 atom stereocenters. The van der Waals surface area contributed by atoms with Gasteiger partial charge in [0.1, 0.15) is 0 Å². The average Bonchev–Trinajstić information content (AvgIpc) is 2.79. The van der Waals surface area contributed by atoms with Gasteiger partial charge in [0.05, 0.1) is 22.9 Å². The van der Waals surface area contributed by atoms with Gasteiger partial charge in [0, 0.05) is 39.8 Å². The maximum atomic E-state index is 12.1. The van der Waals surface area contributed by atoms with Crippen LogP contribution in [-0.2, 0) is 9.53 Å². The summed E-state index contributed by atoms with van der Waals surface area (Å²) in [5, 5.41) is 9.66. The highest BCUT2D eigenvalue weighted by Gasteiger charge is 2.33. The largest absolute Gasteiger partial charge is 0.381 e. The molecule has 1 unspecified atom stereocenters. The van der Waals surface area contributed by atoms with Crippen molar-refractivity contribution in [2.75, 3.05) is 42.6 Å². The third kappa shape index (κ3) is 4.02. The Balaban J connectivity index is 1.73. The van der Waals surface area contributed by atoms with E-state index in [0.717, 1.165) is 56.7 Å². The molecule has 1 amide bonds. The summed E-state index contributed by atoms with van der Waals surface area (Å²) in [6.45, 7) is 7.84. The summed E-state index contributed by atoms with van der Waals surface area (Å²) >= 11 is 0. The first kappa shape index (κ1) is 18.7. The first-order chi connectivity index (χ1) is 12.5. The van der Waals surface area contributed by atoms with E-state index in [9.17, 15) is 10.1 Å². The maximum Gasteiger partial charge on any atom is 0.223 e. The molecule has 0 saturated carbocycles. The van der Waals surface area contributed by atoms with Crippen LogP contribution in [0.15, 0.2) is 24.3 Å². The van der Waals surface area contributed by atoms with Crippen molar-refractivity contribution in [3.63, 3.8) is 0 Å². The highest BCUT2D eigenvalue weighted by atomic mass is 16.5. The third-order valence-corrected chi connectivity index (χ3v) is 5.69. The van der Waals surface area contributed by atoms with Crippen LogP contribution < -0.4 is 9.80 Å². The van der Waals surface area contributed by atoms with Gasteiger partial charge in [-0.3, -0.25) is 4.79 Å². The lowest BCUT2D eigenvalue weighted by Gasteiger charge is -2.32. The van der Waals surface area contributed by atoms with Crippen molar-refractivity contribution in [2.24, 2.45) is 11.3 Å². The Kier molecular flexibility index (Phi) is 5.83. The van der Waals surface area contributed by atoms with Gasteiger partial charge in [-0.1, -0.05) is 19.1 Å². The quantitative estimate of drug-likeness (QED) is 0.828. The Bertz CT molecular complexity index is 676. The Hall–Kier alpha value is -2.06.